The molecule has 0 bridgehead atoms. The summed E-state index contributed by atoms with van der Waals surface area (Å²) in [6.07, 6.45) is -2.83. The third kappa shape index (κ3) is 4.04. The van der Waals surface area contributed by atoms with E-state index < -0.39 is 29.4 Å². The molecule has 2 aromatic rings. The summed E-state index contributed by atoms with van der Waals surface area (Å²) >= 11 is 5.99. The molecule has 2 heterocycles. The highest BCUT2D eigenvalue weighted by Gasteiger charge is 2.42. The molecule has 10 heteroatoms. The highest BCUT2D eigenvalue weighted by molar-refractivity contribution is 6.30. The van der Waals surface area contributed by atoms with Gasteiger partial charge >= 0.3 is 12.1 Å². The molecule has 1 aromatic heterocycles. The van der Waals surface area contributed by atoms with Crippen molar-refractivity contribution in [1.82, 2.24) is 9.78 Å². The van der Waals surface area contributed by atoms with Crippen molar-refractivity contribution in [3.8, 4) is 5.75 Å². The van der Waals surface area contributed by atoms with E-state index in [2.05, 4.69) is 5.10 Å². The quantitative estimate of drug-likeness (QED) is 0.752. The second-order valence-electron chi connectivity index (χ2n) is 6.44. The Morgan fingerprint density at radius 1 is 1.43 bits per heavy atom. The lowest BCUT2D eigenvalue weighted by Crippen LogP contribution is -2.38. The molecule has 1 aromatic carbocycles. The number of alkyl halides is 3. The smallest absolute Gasteiger partial charge is 0.433 e. The van der Waals surface area contributed by atoms with Crippen LogP contribution >= 0.6 is 11.6 Å². The number of benzene rings is 1. The number of hydrogen-bond donors (Lipinski definition) is 1. The average molecular weight is 418 g/mol. The maximum Gasteiger partial charge on any atom is 0.433 e. The summed E-state index contributed by atoms with van der Waals surface area (Å²) < 4.78 is 46.7. The molecule has 1 unspecified atom stereocenters. The molecule has 3 rings (SSSR count). The number of esters is 1. The van der Waals surface area contributed by atoms with E-state index in [4.69, 9.17) is 16.3 Å². The van der Waals surface area contributed by atoms with Gasteiger partial charge in [0.15, 0.2) is 5.69 Å². The third-order valence-electron chi connectivity index (χ3n) is 4.58. The summed E-state index contributed by atoms with van der Waals surface area (Å²) in [5.74, 6) is -1.06. The minimum Gasteiger partial charge on any atom is -0.506 e. The zero-order valence-electron chi connectivity index (χ0n) is 15.0. The van der Waals surface area contributed by atoms with Crippen molar-refractivity contribution in [3.63, 3.8) is 0 Å². The van der Waals surface area contributed by atoms with Crippen LogP contribution in [0.5, 0.6) is 5.75 Å². The van der Waals surface area contributed by atoms with Crippen LogP contribution in [0.15, 0.2) is 24.4 Å². The minimum atomic E-state index is -4.76. The van der Waals surface area contributed by atoms with E-state index in [0.717, 1.165) is 10.9 Å². The number of anilines is 1. The molecular weight excluding hydrogens is 399 g/mol. The van der Waals surface area contributed by atoms with Gasteiger partial charge in [-0.25, -0.2) is 4.79 Å². The van der Waals surface area contributed by atoms with Gasteiger partial charge in [0.05, 0.1) is 24.5 Å². The standard InChI is InChI=1S/C18H19ClF3N3O3/c1-2-28-17(27)13-9-23-25(16(13)18(20,21)22)12-4-3-7-24(10-12)14-8-11(19)5-6-15(14)26/h5-6,8-9,12,26H,2-4,7,10H2,1H3. The molecule has 1 N–H and O–H groups in total. The Labute approximate surface area is 164 Å². The van der Waals surface area contributed by atoms with E-state index in [1.807, 2.05) is 0 Å². The predicted octanol–water partition coefficient (Wildman–Crippen LogP) is 4.28. The summed E-state index contributed by atoms with van der Waals surface area (Å²) in [6.45, 7) is 2.22. The summed E-state index contributed by atoms with van der Waals surface area (Å²) in [5.41, 5.74) is -1.27. The average Bonchev–Trinajstić information content (AvgIpc) is 3.10. The van der Waals surface area contributed by atoms with Crippen molar-refractivity contribution in [1.29, 1.82) is 0 Å². The largest absolute Gasteiger partial charge is 0.506 e. The molecule has 6 nitrogen and oxygen atoms in total. The molecule has 1 aliphatic rings. The van der Waals surface area contributed by atoms with E-state index in [1.54, 1.807) is 11.0 Å². The first-order chi connectivity index (χ1) is 13.2. The molecule has 0 aliphatic carbocycles. The van der Waals surface area contributed by atoms with E-state index >= 15 is 0 Å². The molecular formula is C18H19ClF3N3O3. The number of rotatable bonds is 4. The first kappa shape index (κ1) is 20.3. The summed E-state index contributed by atoms with van der Waals surface area (Å²) in [5, 5.41) is 14.4. The zero-order valence-corrected chi connectivity index (χ0v) is 15.8. The Kier molecular flexibility index (Phi) is 5.74. The van der Waals surface area contributed by atoms with Crippen LogP contribution in [0.2, 0.25) is 5.02 Å². The van der Waals surface area contributed by atoms with E-state index in [0.29, 0.717) is 30.1 Å². The summed E-state index contributed by atoms with van der Waals surface area (Å²) in [4.78, 5) is 13.7. The van der Waals surface area contributed by atoms with Crippen LogP contribution in [0.25, 0.3) is 0 Å². The number of hydrogen-bond acceptors (Lipinski definition) is 5. The number of aromatic nitrogens is 2. The number of nitrogens with zero attached hydrogens (tertiary/aromatic N) is 3. The Morgan fingerprint density at radius 2 is 2.18 bits per heavy atom. The van der Waals surface area contributed by atoms with Crippen LogP contribution in [-0.4, -0.2) is 40.6 Å². The van der Waals surface area contributed by atoms with Crippen molar-refractivity contribution in [3.05, 3.63) is 40.7 Å². The second kappa shape index (κ2) is 7.90. The maximum absolute atomic E-state index is 13.7. The number of phenols is 1. The number of aromatic hydroxyl groups is 1. The Bertz CT molecular complexity index is 869. The van der Waals surface area contributed by atoms with Crippen LogP contribution in [0.3, 0.4) is 0 Å². The normalized spacial score (nSPS) is 17.6. The molecule has 1 fully saturated rings. The Balaban J connectivity index is 1.95. The fraction of sp³-hybridized carbons (Fsp3) is 0.444. The van der Waals surface area contributed by atoms with Crippen LogP contribution < -0.4 is 4.90 Å². The third-order valence-corrected chi connectivity index (χ3v) is 4.81. The van der Waals surface area contributed by atoms with Crippen LogP contribution in [0, 0.1) is 0 Å². The summed E-state index contributed by atoms with van der Waals surface area (Å²) in [6, 6.07) is 3.90. The molecule has 0 amide bonds. The second-order valence-corrected chi connectivity index (χ2v) is 6.88. The lowest BCUT2D eigenvalue weighted by Gasteiger charge is -2.35. The van der Waals surface area contributed by atoms with Crippen molar-refractivity contribution < 1.29 is 27.8 Å². The van der Waals surface area contributed by atoms with E-state index in [9.17, 15) is 23.1 Å². The first-order valence-electron chi connectivity index (χ1n) is 8.77. The topological polar surface area (TPSA) is 67.6 Å². The number of ether oxygens (including phenoxy) is 1. The fourth-order valence-electron chi connectivity index (χ4n) is 3.40. The van der Waals surface area contributed by atoms with Crippen molar-refractivity contribution in [2.75, 3.05) is 24.6 Å². The van der Waals surface area contributed by atoms with Gasteiger partial charge in [-0.2, -0.15) is 18.3 Å². The lowest BCUT2D eigenvalue weighted by molar-refractivity contribution is -0.145. The van der Waals surface area contributed by atoms with Gasteiger partial charge in [-0.05, 0) is 38.0 Å². The van der Waals surface area contributed by atoms with E-state index in [-0.39, 0.29) is 18.9 Å². The van der Waals surface area contributed by atoms with Crippen LogP contribution in [0.1, 0.15) is 41.9 Å². The van der Waals surface area contributed by atoms with Gasteiger partial charge in [0, 0.05) is 18.1 Å². The molecule has 28 heavy (non-hydrogen) atoms. The van der Waals surface area contributed by atoms with Gasteiger partial charge in [-0.15, -0.1) is 0 Å². The van der Waals surface area contributed by atoms with Crippen molar-refractivity contribution >= 4 is 23.3 Å². The van der Waals surface area contributed by atoms with Crippen LogP contribution in [0.4, 0.5) is 18.9 Å². The Morgan fingerprint density at radius 3 is 2.86 bits per heavy atom. The van der Waals surface area contributed by atoms with E-state index in [1.165, 1.54) is 19.1 Å². The molecule has 1 atom stereocenters. The monoisotopic (exact) mass is 417 g/mol. The fourth-order valence-corrected chi connectivity index (χ4v) is 3.57. The zero-order chi connectivity index (χ0) is 20.5. The number of carbonyl (C=O) groups excluding carboxylic acids is 1. The number of phenolic OH excluding ortho intramolecular Hbond substituents is 1. The van der Waals surface area contributed by atoms with Crippen LogP contribution in [-0.2, 0) is 10.9 Å². The molecule has 0 radical (unpaired) electrons. The molecule has 152 valence electrons. The van der Waals surface area contributed by atoms with Gasteiger partial charge in [0.1, 0.15) is 11.3 Å². The van der Waals surface area contributed by atoms with Gasteiger partial charge in [0.25, 0.3) is 0 Å². The van der Waals surface area contributed by atoms with Gasteiger partial charge < -0.3 is 14.7 Å². The van der Waals surface area contributed by atoms with Gasteiger partial charge in [0.2, 0.25) is 0 Å². The van der Waals surface area contributed by atoms with Crippen molar-refractivity contribution in [2.24, 2.45) is 0 Å². The highest BCUT2D eigenvalue weighted by atomic mass is 35.5. The van der Waals surface area contributed by atoms with Crippen molar-refractivity contribution in [2.45, 2.75) is 32.0 Å². The maximum atomic E-state index is 13.7. The predicted molar refractivity (Wildman–Crippen MR) is 96.8 cm³/mol. The molecule has 0 spiro atoms. The van der Waals surface area contributed by atoms with Gasteiger partial charge in [-0.3, -0.25) is 4.68 Å². The molecule has 1 aliphatic heterocycles. The minimum absolute atomic E-state index is 0.00577. The lowest BCUT2D eigenvalue weighted by atomic mass is 10.0. The number of halogens is 4. The Hall–Kier alpha value is -2.42. The highest BCUT2D eigenvalue weighted by Crippen LogP contribution is 2.38. The molecule has 0 saturated carbocycles. The number of piperidine rings is 1. The first-order valence-corrected chi connectivity index (χ1v) is 9.15. The van der Waals surface area contributed by atoms with Gasteiger partial charge in [-0.1, -0.05) is 11.6 Å². The molecule has 1 saturated heterocycles. The summed E-state index contributed by atoms with van der Waals surface area (Å²) in [7, 11) is 0. The SMILES string of the molecule is CCOC(=O)c1cnn(C2CCCN(c3cc(Cl)ccc3O)C2)c1C(F)(F)F. The number of carbonyl (C=O) groups is 1.